The van der Waals surface area contributed by atoms with Crippen molar-refractivity contribution in [1.29, 1.82) is 0 Å². The molecule has 0 bridgehead atoms. The van der Waals surface area contributed by atoms with Gasteiger partial charge in [0.25, 0.3) is 11.1 Å². The molecule has 0 unspecified atom stereocenters. The maximum absolute atomic E-state index is 12.9. The van der Waals surface area contributed by atoms with E-state index in [0.29, 0.717) is 28.1 Å². The molecule has 4 rings (SSSR count). The van der Waals surface area contributed by atoms with Gasteiger partial charge in [0.05, 0.1) is 11.1 Å². The third-order valence-corrected chi connectivity index (χ3v) is 7.14. The maximum Gasteiger partial charge on any atom is 0.263 e. The topological polar surface area (TPSA) is 69.3 Å². The zero-order chi connectivity index (χ0) is 18.4. The van der Waals surface area contributed by atoms with E-state index in [1.807, 2.05) is 26.2 Å². The van der Waals surface area contributed by atoms with Crippen LogP contribution in [0.5, 0.6) is 0 Å². The molecule has 0 radical (unpaired) electrons. The highest BCUT2D eigenvalue weighted by Crippen LogP contribution is 2.29. The number of fused-ring (bicyclic) bond motifs is 2. The summed E-state index contributed by atoms with van der Waals surface area (Å²) in [7, 11) is 0. The molecule has 0 amide bonds. The van der Waals surface area contributed by atoms with Crippen molar-refractivity contribution in [2.45, 2.75) is 38.2 Å². The van der Waals surface area contributed by atoms with Gasteiger partial charge in [-0.15, -0.1) is 22.7 Å². The Morgan fingerprint density at radius 3 is 2.81 bits per heavy atom. The number of thiazole rings is 1. The van der Waals surface area contributed by atoms with Crippen LogP contribution in [-0.2, 0) is 12.3 Å². The van der Waals surface area contributed by atoms with Crippen molar-refractivity contribution in [2.24, 2.45) is 0 Å². The normalized spacial score (nSPS) is 11.7. The summed E-state index contributed by atoms with van der Waals surface area (Å²) in [6.07, 6.45) is 1.72. The highest BCUT2D eigenvalue weighted by Gasteiger charge is 2.16. The predicted octanol–water partition coefficient (Wildman–Crippen LogP) is 3.46. The minimum absolute atomic E-state index is 0.00332. The molecule has 0 atom stereocenters. The van der Waals surface area contributed by atoms with Gasteiger partial charge in [-0.1, -0.05) is 11.8 Å². The third kappa shape index (κ3) is 2.80. The first-order valence-electron chi connectivity index (χ1n) is 8.08. The van der Waals surface area contributed by atoms with E-state index in [9.17, 15) is 9.59 Å². The zero-order valence-electron chi connectivity index (χ0n) is 14.5. The van der Waals surface area contributed by atoms with Crippen molar-refractivity contribution >= 4 is 49.6 Å². The van der Waals surface area contributed by atoms with Crippen LogP contribution < -0.4 is 11.1 Å². The Morgan fingerprint density at radius 1 is 1.23 bits per heavy atom. The molecule has 4 aromatic heterocycles. The number of thiophene rings is 1. The lowest BCUT2D eigenvalue weighted by atomic mass is 10.2. The van der Waals surface area contributed by atoms with Crippen molar-refractivity contribution in [3.63, 3.8) is 0 Å². The Kier molecular flexibility index (Phi) is 4.45. The van der Waals surface area contributed by atoms with E-state index >= 15 is 0 Å². The number of aryl methyl sites for hydroxylation is 2. The summed E-state index contributed by atoms with van der Waals surface area (Å²) in [6.45, 7) is 6.48. The molecule has 134 valence electrons. The lowest BCUT2D eigenvalue weighted by Crippen LogP contribution is -2.22. The summed E-state index contributed by atoms with van der Waals surface area (Å²) in [5.74, 6) is 0.491. The molecule has 0 aliphatic carbocycles. The van der Waals surface area contributed by atoms with Gasteiger partial charge in [0.1, 0.15) is 4.83 Å². The summed E-state index contributed by atoms with van der Waals surface area (Å²) in [6, 6.07) is 1.54. The van der Waals surface area contributed by atoms with Crippen molar-refractivity contribution in [3.05, 3.63) is 54.5 Å². The molecule has 4 aromatic rings. The van der Waals surface area contributed by atoms with Crippen molar-refractivity contribution < 1.29 is 0 Å². The molecule has 0 saturated carbocycles. The number of hydrogen-bond donors (Lipinski definition) is 0. The Hall–Kier alpha value is -1.97. The van der Waals surface area contributed by atoms with Gasteiger partial charge in [0.15, 0.2) is 10.1 Å². The van der Waals surface area contributed by atoms with Crippen LogP contribution in [-0.4, -0.2) is 18.9 Å². The van der Waals surface area contributed by atoms with Crippen molar-refractivity contribution in [1.82, 2.24) is 18.9 Å². The van der Waals surface area contributed by atoms with Gasteiger partial charge in [0, 0.05) is 34.8 Å². The number of aromatic nitrogens is 4. The van der Waals surface area contributed by atoms with E-state index < -0.39 is 0 Å². The third-order valence-electron chi connectivity index (χ3n) is 4.28. The highest BCUT2D eigenvalue weighted by molar-refractivity contribution is 7.98. The maximum atomic E-state index is 12.9. The molecule has 26 heavy (non-hydrogen) atoms. The van der Waals surface area contributed by atoms with Gasteiger partial charge in [-0.2, -0.15) is 0 Å². The first-order chi connectivity index (χ1) is 12.5. The first-order valence-corrected chi connectivity index (χ1v) is 10.8. The van der Waals surface area contributed by atoms with E-state index in [0.717, 1.165) is 20.7 Å². The van der Waals surface area contributed by atoms with Gasteiger partial charge < -0.3 is 0 Å². The van der Waals surface area contributed by atoms with Crippen molar-refractivity contribution in [2.75, 3.05) is 0 Å². The van der Waals surface area contributed by atoms with Crippen LogP contribution in [0, 0.1) is 13.8 Å². The van der Waals surface area contributed by atoms with E-state index in [4.69, 9.17) is 4.98 Å². The summed E-state index contributed by atoms with van der Waals surface area (Å²) in [5.41, 5.74) is 1.62. The van der Waals surface area contributed by atoms with E-state index in [2.05, 4.69) is 4.98 Å². The Balaban J connectivity index is 1.74. The molecule has 9 heteroatoms. The van der Waals surface area contributed by atoms with Gasteiger partial charge >= 0.3 is 0 Å². The molecule has 0 aliphatic heterocycles. The summed E-state index contributed by atoms with van der Waals surface area (Å²) in [4.78, 5) is 36.8. The van der Waals surface area contributed by atoms with Gasteiger partial charge in [-0.05, 0) is 26.3 Å². The molecule has 4 heterocycles. The van der Waals surface area contributed by atoms with Crippen LogP contribution in [0.2, 0.25) is 0 Å². The second-order valence-electron chi connectivity index (χ2n) is 5.84. The van der Waals surface area contributed by atoms with E-state index in [1.54, 1.807) is 28.2 Å². The van der Waals surface area contributed by atoms with E-state index in [-0.39, 0.29) is 11.1 Å². The molecule has 0 saturated heterocycles. The van der Waals surface area contributed by atoms with E-state index in [1.165, 1.54) is 27.5 Å². The fourth-order valence-electron chi connectivity index (χ4n) is 2.80. The fraction of sp³-hybridized carbons (Fsp3) is 0.294. The molecule has 6 nitrogen and oxygen atoms in total. The zero-order valence-corrected chi connectivity index (χ0v) is 16.9. The lowest BCUT2D eigenvalue weighted by Gasteiger charge is -2.09. The molecular weight excluding hydrogens is 388 g/mol. The molecular formula is C17H16N4O2S3. The van der Waals surface area contributed by atoms with Gasteiger partial charge in [-0.25, -0.2) is 9.97 Å². The van der Waals surface area contributed by atoms with Crippen LogP contribution in [0.15, 0.2) is 32.4 Å². The summed E-state index contributed by atoms with van der Waals surface area (Å²) in [5, 5.41) is 3.22. The standard InChI is InChI=1S/C17H16N4O2S3/c1-4-20-15(23)13-9(2)10(3)26-14(13)19-17(20)25-8-11-7-12(22)21-5-6-24-16(21)18-11/h5-7H,4,8H2,1-3H3. The van der Waals surface area contributed by atoms with Gasteiger partial charge in [-0.3, -0.25) is 18.6 Å². The van der Waals surface area contributed by atoms with Crippen molar-refractivity contribution in [3.8, 4) is 0 Å². The monoisotopic (exact) mass is 404 g/mol. The average Bonchev–Trinajstić information content (AvgIpc) is 3.18. The number of nitrogens with zero attached hydrogens (tertiary/aromatic N) is 4. The lowest BCUT2D eigenvalue weighted by molar-refractivity contribution is 0.635. The average molecular weight is 405 g/mol. The number of hydrogen-bond acceptors (Lipinski definition) is 7. The summed E-state index contributed by atoms with van der Waals surface area (Å²) >= 11 is 4.42. The molecule has 0 N–H and O–H groups in total. The number of thioether (sulfide) groups is 1. The number of rotatable bonds is 4. The Labute approximate surface area is 161 Å². The van der Waals surface area contributed by atoms with Crippen LogP contribution >= 0.6 is 34.4 Å². The van der Waals surface area contributed by atoms with Crippen LogP contribution in [0.1, 0.15) is 23.1 Å². The molecule has 0 spiro atoms. The minimum atomic E-state index is -0.0901. The predicted molar refractivity (Wildman–Crippen MR) is 108 cm³/mol. The molecule has 0 fully saturated rings. The Bertz CT molecular complexity index is 1250. The summed E-state index contributed by atoms with van der Waals surface area (Å²) < 4.78 is 3.23. The largest absolute Gasteiger partial charge is 0.287 e. The fourth-order valence-corrected chi connectivity index (χ4v) is 5.56. The second-order valence-corrected chi connectivity index (χ2v) is 8.86. The highest BCUT2D eigenvalue weighted by atomic mass is 32.2. The first kappa shape index (κ1) is 17.4. The second kappa shape index (κ2) is 6.64. The van der Waals surface area contributed by atoms with Crippen LogP contribution in [0.4, 0.5) is 0 Å². The van der Waals surface area contributed by atoms with Crippen LogP contribution in [0.3, 0.4) is 0 Å². The Morgan fingerprint density at radius 2 is 2.04 bits per heavy atom. The molecule has 0 aromatic carbocycles. The van der Waals surface area contributed by atoms with Gasteiger partial charge in [0.2, 0.25) is 0 Å². The van der Waals surface area contributed by atoms with Crippen LogP contribution in [0.25, 0.3) is 15.2 Å². The quantitative estimate of drug-likeness (QED) is 0.385. The SMILES string of the molecule is CCn1c(SCc2cc(=O)n3ccsc3n2)nc2sc(C)c(C)c2c1=O. The molecule has 0 aliphatic rings. The smallest absolute Gasteiger partial charge is 0.263 e. The minimum Gasteiger partial charge on any atom is -0.287 e.